The van der Waals surface area contributed by atoms with Gasteiger partial charge in [-0.1, -0.05) is 41.6 Å². The van der Waals surface area contributed by atoms with E-state index >= 15 is 0 Å². The summed E-state index contributed by atoms with van der Waals surface area (Å²) >= 11 is 1.27. The van der Waals surface area contributed by atoms with Crippen LogP contribution in [0.4, 0.5) is 4.39 Å². The molecule has 0 aliphatic carbocycles. The third kappa shape index (κ3) is 4.71. The highest BCUT2D eigenvalue weighted by Crippen LogP contribution is 2.29. The molecule has 156 valence electrons. The highest BCUT2D eigenvalue weighted by molar-refractivity contribution is 7.99. The van der Waals surface area contributed by atoms with Gasteiger partial charge in [-0.2, -0.15) is 0 Å². The fourth-order valence-corrected chi connectivity index (χ4v) is 4.10. The number of ether oxygens (including phenoxy) is 1. The smallest absolute Gasteiger partial charge is 0.230 e. The molecule has 1 aliphatic heterocycles. The summed E-state index contributed by atoms with van der Waals surface area (Å²) in [7, 11) is 0. The Bertz CT molecular complexity index is 1020. The molecule has 1 amide bonds. The second-order valence-corrected chi connectivity index (χ2v) is 8.13. The summed E-state index contributed by atoms with van der Waals surface area (Å²) in [6.45, 7) is 3.28. The van der Waals surface area contributed by atoms with Crippen LogP contribution in [0.2, 0.25) is 0 Å². The Kier molecular flexibility index (Phi) is 6.44. The fraction of sp³-hybridized carbons (Fsp3) is 0.318. The molecule has 0 spiro atoms. The van der Waals surface area contributed by atoms with Gasteiger partial charge in [-0.3, -0.25) is 9.36 Å². The van der Waals surface area contributed by atoms with Crippen molar-refractivity contribution in [3.05, 3.63) is 59.9 Å². The lowest BCUT2D eigenvalue weighted by Gasteiger charge is -2.12. The lowest BCUT2D eigenvalue weighted by molar-refractivity contribution is -0.119. The Morgan fingerprint density at radius 3 is 2.77 bits per heavy atom. The summed E-state index contributed by atoms with van der Waals surface area (Å²) in [5.41, 5.74) is 2.29. The number of nitrogens with one attached hydrogen (secondary N) is 1. The Hall–Kier alpha value is -2.71. The van der Waals surface area contributed by atoms with Gasteiger partial charge in [0.1, 0.15) is 5.82 Å². The number of nitrogens with zero attached hydrogens (tertiary/aromatic N) is 3. The molecular weight excluding hydrogens is 403 g/mol. The van der Waals surface area contributed by atoms with E-state index in [1.54, 1.807) is 22.8 Å². The minimum absolute atomic E-state index is 0.0959. The molecule has 0 bridgehead atoms. The van der Waals surface area contributed by atoms with Crippen molar-refractivity contribution in [1.29, 1.82) is 0 Å². The van der Waals surface area contributed by atoms with E-state index in [4.69, 9.17) is 4.74 Å². The van der Waals surface area contributed by atoms with Crippen LogP contribution in [0.15, 0.2) is 53.7 Å². The summed E-state index contributed by atoms with van der Waals surface area (Å²) < 4.78 is 21.8. The van der Waals surface area contributed by atoms with E-state index in [9.17, 15) is 9.18 Å². The molecule has 1 fully saturated rings. The van der Waals surface area contributed by atoms with Gasteiger partial charge in [-0.15, -0.1) is 10.2 Å². The Balaban J connectivity index is 1.56. The van der Waals surface area contributed by atoms with Crippen LogP contribution in [-0.4, -0.2) is 45.7 Å². The van der Waals surface area contributed by atoms with E-state index < -0.39 is 0 Å². The number of hydrogen-bond donors (Lipinski definition) is 1. The second kappa shape index (κ2) is 9.40. The number of carbonyl (C=O) groups excluding carboxylic acids is 1. The fourth-order valence-electron chi connectivity index (χ4n) is 3.32. The number of hydrogen-bond acceptors (Lipinski definition) is 5. The summed E-state index contributed by atoms with van der Waals surface area (Å²) in [6.07, 6.45) is 2.11. The van der Waals surface area contributed by atoms with Crippen LogP contribution >= 0.6 is 11.8 Å². The van der Waals surface area contributed by atoms with Crippen molar-refractivity contribution in [1.82, 2.24) is 20.1 Å². The number of halogens is 1. The van der Waals surface area contributed by atoms with Crippen LogP contribution in [0.5, 0.6) is 0 Å². The normalized spacial score (nSPS) is 16.0. The zero-order chi connectivity index (χ0) is 20.9. The summed E-state index contributed by atoms with van der Waals surface area (Å²) in [5, 5.41) is 11.9. The quantitative estimate of drug-likeness (QED) is 0.583. The van der Waals surface area contributed by atoms with Gasteiger partial charge in [0, 0.05) is 18.8 Å². The van der Waals surface area contributed by atoms with Crippen LogP contribution in [0, 0.1) is 12.7 Å². The number of aromatic nitrogens is 3. The van der Waals surface area contributed by atoms with Crippen LogP contribution in [0.1, 0.15) is 18.4 Å². The Morgan fingerprint density at radius 1 is 1.23 bits per heavy atom. The van der Waals surface area contributed by atoms with Gasteiger partial charge in [0.15, 0.2) is 11.0 Å². The lowest BCUT2D eigenvalue weighted by Crippen LogP contribution is -2.32. The number of aryl methyl sites for hydroxylation is 1. The van der Waals surface area contributed by atoms with Crippen molar-refractivity contribution < 1.29 is 13.9 Å². The Morgan fingerprint density at radius 2 is 2.03 bits per heavy atom. The SMILES string of the molecule is Cc1ccc(-n2c(SCC(=O)NC[C@@H]3CCCO3)nnc2-c2ccccc2F)cc1. The largest absolute Gasteiger partial charge is 0.376 e. The number of rotatable bonds is 7. The van der Waals surface area contributed by atoms with Crippen LogP contribution in [0.3, 0.4) is 0 Å². The average molecular weight is 427 g/mol. The predicted molar refractivity (Wildman–Crippen MR) is 114 cm³/mol. The van der Waals surface area contributed by atoms with Crippen LogP contribution < -0.4 is 5.32 Å². The van der Waals surface area contributed by atoms with Crippen molar-refractivity contribution in [2.75, 3.05) is 18.9 Å². The maximum Gasteiger partial charge on any atom is 0.230 e. The molecular formula is C22H23FN4O2S. The van der Waals surface area contributed by atoms with Gasteiger partial charge < -0.3 is 10.1 Å². The molecule has 1 N–H and O–H groups in total. The molecule has 30 heavy (non-hydrogen) atoms. The predicted octanol–water partition coefficient (Wildman–Crippen LogP) is 3.77. The molecule has 2 aromatic carbocycles. The first-order chi connectivity index (χ1) is 14.6. The van der Waals surface area contributed by atoms with Gasteiger partial charge >= 0.3 is 0 Å². The second-order valence-electron chi connectivity index (χ2n) is 7.18. The molecule has 3 aromatic rings. The van der Waals surface area contributed by atoms with Gasteiger partial charge in [0.25, 0.3) is 0 Å². The molecule has 1 aromatic heterocycles. The van der Waals surface area contributed by atoms with E-state index in [2.05, 4.69) is 15.5 Å². The summed E-state index contributed by atoms with van der Waals surface area (Å²) in [4.78, 5) is 12.3. The molecule has 2 heterocycles. The Labute approximate surface area is 178 Å². The first kappa shape index (κ1) is 20.6. The van der Waals surface area contributed by atoms with Gasteiger partial charge in [-0.05, 0) is 44.0 Å². The minimum Gasteiger partial charge on any atom is -0.376 e. The lowest BCUT2D eigenvalue weighted by atomic mass is 10.2. The molecule has 1 saturated heterocycles. The maximum absolute atomic E-state index is 14.4. The van der Waals surface area contributed by atoms with Gasteiger partial charge in [0.2, 0.25) is 5.91 Å². The van der Waals surface area contributed by atoms with Crippen molar-refractivity contribution in [3.63, 3.8) is 0 Å². The van der Waals surface area contributed by atoms with Crippen LogP contribution in [0.25, 0.3) is 17.1 Å². The highest BCUT2D eigenvalue weighted by atomic mass is 32.2. The molecule has 6 nitrogen and oxygen atoms in total. The van der Waals surface area contributed by atoms with Gasteiger partial charge in [0.05, 0.1) is 17.4 Å². The zero-order valence-electron chi connectivity index (χ0n) is 16.7. The average Bonchev–Trinajstić information content (AvgIpc) is 3.42. The van der Waals surface area contributed by atoms with E-state index in [0.717, 1.165) is 30.7 Å². The third-order valence-electron chi connectivity index (χ3n) is 4.92. The van der Waals surface area contributed by atoms with Crippen LogP contribution in [-0.2, 0) is 9.53 Å². The van der Waals surface area contributed by atoms with E-state index in [0.29, 0.717) is 23.1 Å². The van der Waals surface area contributed by atoms with E-state index in [-0.39, 0.29) is 23.6 Å². The number of benzene rings is 2. The first-order valence-corrected chi connectivity index (χ1v) is 10.9. The summed E-state index contributed by atoms with van der Waals surface area (Å²) in [6, 6.07) is 14.3. The summed E-state index contributed by atoms with van der Waals surface area (Å²) in [5.74, 6) is 0.123. The number of carbonyl (C=O) groups is 1. The monoisotopic (exact) mass is 426 g/mol. The zero-order valence-corrected chi connectivity index (χ0v) is 17.5. The van der Waals surface area contributed by atoms with Crippen molar-refractivity contribution in [2.24, 2.45) is 0 Å². The van der Waals surface area contributed by atoms with E-state index in [1.807, 2.05) is 31.2 Å². The molecule has 8 heteroatoms. The highest BCUT2D eigenvalue weighted by Gasteiger charge is 2.20. The number of amides is 1. The van der Waals surface area contributed by atoms with Gasteiger partial charge in [-0.25, -0.2) is 4.39 Å². The number of thioether (sulfide) groups is 1. The molecule has 1 aliphatic rings. The molecule has 0 saturated carbocycles. The molecule has 4 rings (SSSR count). The maximum atomic E-state index is 14.4. The minimum atomic E-state index is -0.371. The molecule has 0 radical (unpaired) electrons. The molecule has 1 atom stereocenters. The van der Waals surface area contributed by atoms with Crippen molar-refractivity contribution in [3.8, 4) is 17.1 Å². The van der Waals surface area contributed by atoms with E-state index in [1.165, 1.54) is 17.8 Å². The third-order valence-corrected chi connectivity index (χ3v) is 5.85. The topological polar surface area (TPSA) is 69.0 Å². The first-order valence-electron chi connectivity index (χ1n) is 9.90. The molecule has 0 unspecified atom stereocenters. The standard InChI is InChI=1S/C22H23FN4O2S/c1-15-8-10-16(11-9-15)27-21(18-6-2-3-7-19(18)23)25-26-22(27)30-14-20(28)24-13-17-5-4-12-29-17/h2-3,6-11,17H,4-5,12-14H2,1H3,(H,24,28)/t17-/m0/s1. The van der Waals surface area contributed by atoms with Crippen molar-refractivity contribution in [2.45, 2.75) is 31.0 Å². The van der Waals surface area contributed by atoms with Crippen molar-refractivity contribution >= 4 is 17.7 Å².